The highest BCUT2D eigenvalue weighted by Crippen LogP contribution is 2.41. The van der Waals surface area contributed by atoms with Crippen LogP contribution in [0.2, 0.25) is 0 Å². The summed E-state index contributed by atoms with van der Waals surface area (Å²) in [4.78, 5) is 17.2. The van der Waals surface area contributed by atoms with Crippen molar-refractivity contribution in [3.05, 3.63) is 35.9 Å². The number of hydrogen-bond donors (Lipinski definition) is 0. The number of amides is 1. The second-order valence-electron chi connectivity index (χ2n) is 8.53. The summed E-state index contributed by atoms with van der Waals surface area (Å²) in [5, 5.41) is -0.517. The molecule has 7 heteroatoms. The van der Waals surface area contributed by atoms with Gasteiger partial charge in [0.2, 0.25) is 4.75 Å². The fraction of sp³-hybridized carbons (Fsp3) is 0.650. The first-order valence-electron chi connectivity index (χ1n) is 9.69. The summed E-state index contributed by atoms with van der Waals surface area (Å²) in [6, 6.07) is 9.54. The van der Waals surface area contributed by atoms with Gasteiger partial charge in [0.15, 0.2) is 5.25 Å². The van der Waals surface area contributed by atoms with E-state index >= 15 is 0 Å². The minimum atomic E-state index is -3.54. The van der Waals surface area contributed by atoms with Gasteiger partial charge in [-0.15, -0.1) is 4.21 Å². The molecule has 4 atom stereocenters. The minimum absolute atomic E-state index is 0.279. The van der Waals surface area contributed by atoms with E-state index in [1.54, 1.807) is 13.8 Å². The maximum Gasteiger partial charge on any atom is 0.278 e. The van der Waals surface area contributed by atoms with Crippen LogP contribution in [-0.4, -0.2) is 69.1 Å². The number of ether oxygens (including phenoxy) is 1. The van der Waals surface area contributed by atoms with E-state index < -0.39 is 20.2 Å². The Kier molecular flexibility index (Phi) is 4.91. The topological polar surface area (TPSA) is 72.9 Å². The molecular weight excluding hydrogens is 364 g/mol. The van der Waals surface area contributed by atoms with Gasteiger partial charge in [-0.1, -0.05) is 30.3 Å². The zero-order valence-electron chi connectivity index (χ0n) is 16.0. The normalized spacial score (nSPS) is 36.2. The third kappa shape index (κ3) is 3.24. The lowest BCUT2D eigenvalue weighted by Crippen LogP contribution is -2.67. The lowest BCUT2D eigenvalue weighted by molar-refractivity contribution is -0.137. The van der Waals surface area contributed by atoms with Gasteiger partial charge in [0.05, 0.1) is 22.9 Å². The summed E-state index contributed by atoms with van der Waals surface area (Å²) in [6.45, 7) is 7.09. The second-order valence-corrected chi connectivity index (χ2v) is 11.2. The first-order valence-corrected chi connectivity index (χ1v) is 11.2. The Morgan fingerprint density at radius 3 is 2.67 bits per heavy atom. The van der Waals surface area contributed by atoms with Crippen molar-refractivity contribution < 1.29 is 18.3 Å². The number of carbonyl (C=O) groups is 1. The highest BCUT2D eigenvalue weighted by molar-refractivity contribution is 8.00. The van der Waals surface area contributed by atoms with Gasteiger partial charge in [0.1, 0.15) is 0 Å². The van der Waals surface area contributed by atoms with Crippen molar-refractivity contribution in [1.29, 1.82) is 0 Å². The molecule has 0 radical (unpaired) electrons. The molecule has 3 heterocycles. The summed E-state index contributed by atoms with van der Waals surface area (Å²) in [6.07, 6.45) is 1.02. The Labute approximate surface area is 162 Å². The number of sulfone groups is 1. The van der Waals surface area contributed by atoms with Crippen molar-refractivity contribution in [2.75, 3.05) is 32.8 Å². The fourth-order valence-corrected chi connectivity index (χ4v) is 6.82. The first kappa shape index (κ1) is 19.1. The standard InChI is InChI=1S/C20H28N2O4S/c1-20(2)19(23)22(11-15-6-4-3-5-7-15)17-12-21(10-16-8-9-26-14-16)13-18(17)27(20,24)25/h3-7,16-18H,8-14H2,1-2H3/t16?,17-,18+/m0/s1. The van der Waals surface area contributed by atoms with Crippen molar-refractivity contribution in [2.24, 2.45) is 5.92 Å². The molecule has 27 heavy (non-hydrogen) atoms. The largest absolute Gasteiger partial charge is 0.614 e. The van der Waals surface area contributed by atoms with Gasteiger partial charge in [-0.25, -0.2) is 0 Å². The van der Waals surface area contributed by atoms with E-state index in [-0.39, 0.29) is 11.9 Å². The predicted octanol–water partition coefficient (Wildman–Crippen LogP) is 1.53. The number of hydrogen-bond acceptors (Lipinski definition) is 5. The van der Waals surface area contributed by atoms with Crippen molar-refractivity contribution >= 4 is 16.1 Å². The van der Waals surface area contributed by atoms with E-state index in [4.69, 9.17) is 4.74 Å². The molecule has 1 aromatic carbocycles. The van der Waals surface area contributed by atoms with Crippen LogP contribution >= 0.6 is 0 Å². The second kappa shape index (κ2) is 6.95. The average molecular weight is 393 g/mol. The van der Waals surface area contributed by atoms with Gasteiger partial charge in [0, 0.05) is 32.8 Å². The fourth-order valence-electron chi connectivity index (χ4n) is 4.64. The SMILES string of the molecule is CC1(C)C(=O)N(Cc2ccccc2)[C@H]2CN(CC3CCOC3)C[C@H]2[S+]1(=O)[O-]. The van der Waals surface area contributed by atoms with Gasteiger partial charge in [-0.3, -0.25) is 9.69 Å². The van der Waals surface area contributed by atoms with Crippen LogP contribution in [0.4, 0.5) is 0 Å². The van der Waals surface area contributed by atoms with Crippen LogP contribution in [0.25, 0.3) is 0 Å². The van der Waals surface area contributed by atoms with E-state index in [1.165, 1.54) is 0 Å². The van der Waals surface area contributed by atoms with Gasteiger partial charge < -0.3 is 14.2 Å². The van der Waals surface area contributed by atoms with Gasteiger partial charge in [-0.05, 0) is 31.7 Å². The number of nitrogens with zero attached hydrogens (tertiary/aromatic N) is 2. The maximum absolute atomic E-state index is 13.2. The molecule has 3 aliphatic rings. The third-order valence-electron chi connectivity index (χ3n) is 6.33. The van der Waals surface area contributed by atoms with E-state index in [0.717, 1.165) is 31.7 Å². The monoisotopic (exact) mass is 392 g/mol. The van der Waals surface area contributed by atoms with Gasteiger partial charge >= 0.3 is 0 Å². The molecule has 0 aliphatic carbocycles. The lowest BCUT2D eigenvalue weighted by Gasteiger charge is -2.47. The molecule has 148 valence electrons. The highest BCUT2D eigenvalue weighted by Gasteiger charge is 2.63. The predicted molar refractivity (Wildman–Crippen MR) is 103 cm³/mol. The molecule has 0 aromatic heterocycles. The van der Waals surface area contributed by atoms with Crippen molar-refractivity contribution in [3.8, 4) is 0 Å². The number of carbonyl (C=O) groups excluding carboxylic acids is 1. The molecule has 6 nitrogen and oxygen atoms in total. The molecule has 0 saturated carbocycles. The Morgan fingerprint density at radius 2 is 2.00 bits per heavy atom. The Bertz CT molecular complexity index is 748. The van der Waals surface area contributed by atoms with E-state index in [9.17, 15) is 13.6 Å². The zero-order chi connectivity index (χ0) is 19.2. The van der Waals surface area contributed by atoms with Crippen molar-refractivity contribution in [3.63, 3.8) is 0 Å². The van der Waals surface area contributed by atoms with Gasteiger partial charge in [-0.2, -0.15) is 0 Å². The molecule has 3 saturated heterocycles. The van der Waals surface area contributed by atoms with Crippen LogP contribution < -0.4 is 0 Å². The molecule has 1 amide bonds. The van der Waals surface area contributed by atoms with E-state index in [1.807, 2.05) is 35.2 Å². The maximum atomic E-state index is 13.2. The van der Waals surface area contributed by atoms with Gasteiger partial charge in [0.25, 0.3) is 5.91 Å². The first-order chi connectivity index (χ1) is 12.8. The van der Waals surface area contributed by atoms with Crippen molar-refractivity contribution in [2.45, 2.75) is 42.9 Å². The third-order valence-corrected chi connectivity index (χ3v) is 9.19. The number of fused-ring (bicyclic) bond motifs is 1. The van der Waals surface area contributed by atoms with Crippen LogP contribution in [0.1, 0.15) is 25.8 Å². The molecule has 0 bridgehead atoms. The van der Waals surface area contributed by atoms with Crippen LogP contribution in [0.5, 0.6) is 0 Å². The average Bonchev–Trinajstić information content (AvgIpc) is 3.29. The highest BCUT2D eigenvalue weighted by atomic mass is 32.3. The van der Waals surface area contributed by atoms with Crippen LogP contribution in [0, 0.1) is 5.92 Å². The minimum Gasteiger partial charge on any atom is -0.614 e. The smallest absolute Gasteiger partial charge is 0.278 e. The molecule has 0 spiro atoms. The van der Waals surface area contributed by atoms with E-state index in [2.05, 4.69) is 4.90 Å². The Balaban J connectivity index is 1.61. The number of likely N-dealkylation sites (tertiary alicyclic amines) is 1. The van der Waals surface area contributed by atoms with Crippen LogP contribution in [-0.2, 0) is 30.5 Å². The van der Waals surface area contributed by atoms with Crippen molar-refractivity contribution in [1.82, 2.24) is 9.80 Å². The molecule has 3 fully saturated rings. The quantitative estimate of drug-likeness (QED) is 0.727. The molecule has 1 aromatic rings. The Morgan fingerprint density at radius 1 is 1.26 bits per heavy atom. The number of rotatable bonds is 4. The van der Waals surface area contributed by atoms with Crippen LogP contribution in [0.3, 0.4) is 0 Å². The Hall–Kier alpha value is -1.28. The van der Waals surface area contributed by atoms with E-state index in [0.29, 0.717) is 25.6 Å². The summed E-state index contributed by atoms with van der Waals surface area (Å²) < 4.78 is 30.5. The summed E-state index contributed by atoms with van der Waals surface area (Å²) in [5.41, 5.74) is 1.03. The van der Waals surface area contributed by atoms with Crippen LogP contribution in [0.15, 0.2) is 30.3 Å². The molecule has 2 unspecified atom stereocenters. The zero-order valence-corrected chi connectivity index (χ0v) is 16.8. The molecule has 0 N–H and O–H groups in total. The summed E-state index contributed by atoms with van der Waals surface area (Å²) in [5.74, 6) is 0.179. The number of benzene rings is 1. The summed E-state index contributed by atoms with van der Waals surface area (Å²) >= 11 is 0. The summed E-state index contributed by atoms with van der Waals surface area (Å²) in [7, 11) is -3.54. The molecule has 4 rings (SSSR count). The lowest BCUT2D eigenvalue weighted by atomic mass is 10.1. The molecular formula is C20H28N2O4S. The molecule has 3 aliphatic heterocycles.